The summed E-state index contributed by atoms with van der Waals surface area (Å²) in [5, 5.41) is 0. The van der Waals surface area contributed by atoms with Crippen molar-refractivity contribution < 1.29 is 14.3 Å². The maximum absolute atomic E-state index is 11.7. The standard InChI is InChI=1S/C12H15NO3/c1-2-16-12(14)9-5-3-4-8-6-15-7-10(13)11(8)9/h3-5,10H,2,6-7,13H2,1H3/t10-/m1/s1. The van der Waals surface area contributed by atoms with Gasteiger partial charge in [0.15, 0.2) is 0 Å². The largest absolute Gasteiger partial charge is 0.462 e. The van der Waals surface area contributed by atoms with Crippen LogP contribution < -0.4 is 5.73 Å². The highest BCUT2D eigenvalue weighted by atomic mass is 16.5. The van der Waals surface area contributed by atoms with Crippen LogP contribution in [0.2, 0.25) is 0 Å². The van der Waals surface area contributed by atoms with Crippen molar-refractivity contribution in [3.63, 3.8) is 0 Å². The lowest BCUT2D eigenvalue weighted by Crippen LogP contribution is -2.26. The molecule has 0 fully saturated rings. The van der Waals surface area contributed by atoms with Crippen LogP contribution in [0.4, 0.5) is 0 Å². The second kappa shape index (κ2) is 4.63. The molecule has 2 rings (SSSR count). The van der Waals surface area contributed by atoms with Crippen LogP contribution in [0.5, 0.6) is 0 Å². The highest BCUT2D eigenvalue weighted by molar-refractivity contribution is 5.91. The van der Waals surface area contributed by atoms with E-state index in [2.05, 4.69) is 0 Å². The fourth-order valence-corrected chi connectivity index (χ4v) is 1.94. The number of esters is 1. The van der Waals surface area contributed by atoms with Gasteiger partial charge in [0.05, 0.1) is 31.4 Å². The molecule has 16 heavy (non-hydrogen) atoms. The first-order chi connectivity index (χ1) is 7.74. The summed E-state index contributed by atoms with van der Waals surface area (Å²) in [6.07, 6.45) is 0. The number of rotatable bonds is 2. The van der Waals surface area contributed by atoms with Crippen LogP contribution in [0, 0.1) is 0 Å². The molecule has 1 heterocycles. The monoisotopic (exact) mass is 221 g/mol. The Labute approximate surface area is 94.3 Å². The van der Waals surface area contributed by atoms with Crippen LogP contribution in [0.25, 0.3) is 0 Å². The fourth-order valence-electron chi connectivity index (χ4n) is 1.94. The Kier molecular flexibility index (Phi) is 3.22. The lowest BCUT2D eigenvalue weighted by atomic mass is 9.94. The molecule has 1 aromatic rings. The Morgan fingerprint density at radius 1 is 1.62 bits per heavy atom. The van der Waals surface area contributed by atoms with Gasteiger partial charge in [0.25, 0.3) is 0 Å². The molecule has 0 aromatic heterocycles. The minimum absolute atomic E-state index is 0.246. The van der Waals surface area contributed by atoms with E-state index >= 15 is 0 Å². The van der Waals surface area contributed by atoms with Crippen molar-refractivity contribution in [1.82, 2.24) is 0 Å². The number of hydrogen-bond donors (Lipinski definition) is 1. The molecule has 0 spiro atoms. The van der Waals surface area contributed by atoms with Crippen LogP contribution >= 0.6 is 0 Å². The minimum Gasteiger partial charge on any atom is -0.462 e. The van der Waals surface area contributed by atoms with E-state index in [0.29, 0.717) is 25.4 Å². The fraction of sp³-hybridized carbons (Fsp3) is 0.417. The highest BCUT2D eigenvalue weighted by Crippen LogP contribution is 2.27. The summed E-state index contributed by atoms with van der Waals surface area (Å²) < 4.78 is 10.3. The van der Waals surface area contributed by atoms with Gasteiger partial charge in [0.2, 0.25) is 0 Å². The maximum Gasteiger partial charge on any atom is 0.338 e. The molecule has 1 atom stereocenters. The first kappa shape index (κ1) is 11.1. The number of ether oxygens (including phenoxy) is 2. The van der Waals surface area contributed by atoms with Crippen molar-refractivity contribution in [1.29, 1.82) is 0 Å². The first-order valence-corrected chi connectivity index (χ1v) is 5.36. The second-order valence-corrected chi connectivity index (χ2v) is 3.72. The Morgan fingerprint density at radius 2 is 2.44 bits per heavy atom. The molecular formula is C12H15NO3. The van der Waals surface area contributed by atoms with Gasteiger partial charge in [0.1, 0.15) is 0 Å². The Bertz CT molecular complexity index is 403. The molecule has 1 aliphatic rings. The van der Waals surface area contributed by atoms with E-state index in [1.54, 1.807) is 13.0 Å². The average molecular weight is 221 g/mol. The zero-order valence-corrected chi connectivity index (χ0v) is 9.23. The lowest BCUT2D eigenvalue weighted by molar-refractivity contribution is 0.0516. The number of benzene rings is 1. The maximum atomic E-state index is 11.7. The number of fused-ring (bicyclic) bond motifs is 1. The van der Waals surface area contributed by atoms with Crippen molar-refractivity contribution in [2.45, 2.75) is 19.6 Å². The van der Waals surface area contributed by atoms with Gasteiger partial charge in [-0.05, 0) is 24.1 Å². The van der Waals surface area contributed by atoms with Gasteiger partial charge in [-0.1, -0.05) is 12.1 Å². The normalized spacial score (nSPS) is 19.0. The van der Waals surface area contributed by atoms with Gasteiger partial charge in [-0.3, -0.25) is 0 Å². The van der Waals surface area contributed by atoms with Crippen LogP contribution in [-0.2, 0) is 16.1 Å². The number of hydrogen-bond acceptors (Lipinski definition) is 4. The lowest BCUT2D eigenvalue weighted by Gasteiger charge is -2.24. The van der Waals surface area contributed by atoms with Gasteiger partial charge in [0, 0.05) is 0 Å². The summed E-state index contributed by atoms with van der Waals surface area (Å²) in [6.45, 7) is 3.12. The number of carbonyl (C=O) groups excluding carboxylic acids is 1. The second-order valence-electron chi connectivity index (χ2n) is 3.72. The molecule has 0 bridgehead atoms. The van der Waals surface area contributed by atoms with E-state index in [-0.39, 0.29) is 12.0 Å². The quantitative estimate of drug-likeness (QED) is 0.767. The SMILES string of the molecule is CCOC(=O)c1cccc2c1[C@H](N)COC2. The smallest absolute Gasteiger partial charge is 0.338 e. The molecule has 0 amide bonds. The topological polar surface area (TPSA) is 61.5 Å². The Hall–Kier alpha value is -1.39. The third-order valence-electron chi connectivity index (χ3n) is 2.62. The number of carbonyl (C=O) groups is 1. The van der Waals surface area contributed by atoms with Crippen molar-refractivity contribution in [3.8, 4) is 0 Å². The first-order valence-electron chi connectivity index (χ1n) is 5.36. The highest BCUT2D eigenvalue weighted by Gasteiger charge is 2.24. The van der Waals surface area contributed by atoms with Gasteiger partial charge in [-0.25, -0.2) is 4.79 Å². The molecule has 1 aliphatic heterocycles. The molecule has 1 aromatic carbocycles. The third-order valence-corrected chi connectivity index (χ3v) is 2.62. The molecule has 86 valence electrons. The van der Waals surface area contributed by atoms with Crippen LogP contribution in [0.15, 0.2) is 18.2 Å². The molecule has 4 heteroatoms. The molecule has 0 aliphatic carbocycles. The van der Waals surface area contributed by atoms with Crippen molar-refractivity contribution in [2.75, 3.05) is 13.2 Å². The van der Waals surface area contributed by atoms with E-state index in [1.807, 2.05) is 12.1 Å². The van der Waals surface area contributed by atoms with E-state index in [4.69, 9.17) is 15.2 Å². The van der Waals surface area contributed by atoms with Gasteiger partial charge < -0.3 is 15.2 Å². The van der Waals surface area contributed by atoms with Gasteiger partial charge in [-0.15, -0.1) is 0 Å². The molecule has 0 saturated carbocycles. The van der Waals surface area contributed by atoms with E-state index in [9.17, 15) is 4.79 Å². The third kappa shape index (κ3) is 1.94. The van der Waals surface area contributed by atoms with Crippen molar-refractivity contribution >= 4 is 5.97 Å². The van der Waals surface area contributed by atoms with Crippen molar-refractivity contribution in [3.05, 3.63) is 34.9 Å². The summed E-state index contributed by atoms with van der Waals surface area (Å²) in [5.74, 6) is -0.309. The predicted molar refractivity (Wildman–Crippen MR) is 59.0 cm³/mol. The molecule has 4 nitrogen and oxygen atoms in total. The summed E-state index contributed by atoms with van der Waals surface area (Å²) in [4.78, 5) is 11.7. The van der Waals surface area contributed by atoms with Crippen LogP contribution in [-0.4, -0.2) is 19.2 Å². The van der Waals surface area contributed by atoms with Gasteiger partial charge in [-0.2, -0.15) is 0 Å². The van der Waals surface area contributed by atoms with Crippen molar-refractivity contribution in [2.24, 2.45) is 5.73 Å². The minimum atomic E-state index is -0.309. The molecule has 0 saturated heterocycles. The zero-order chi connectivity index (χ0) is 11.5. The molecule has 0 radical (unpaired) electrons. The van der Waals surface area contributed by atoms with Crippen LogP contribution in [0.3, 0.4) is 0 Å². The molecule has 2 N–H and O–H groups in total. The van der Waals surface area contributed by atoms with E-state index in [0.717, 1.165) is 11.1 Å². The molecular weight excluding hydrogens is 206 g/mol. The Balaban J connectivity index is 2.42. The summed E-state index contributed by atoms with van der Waals surface area (Å²) >= 11 is 0. The summed E-state index contributed by atoms with van der Waals surface area (Å²) in [5.41, 5.74) is 8.36. The summed E-state index contributed by atoms with van der Waals surface area (Å²) in [6, 6.07) is 5.26. The average Bonchev–Trinajstić information content (AvgIpc) is 2.29. The van der Waals surface area contributed by atoms with Gasteiger partial charge >= 0.3 is 5.97 Å². The molecule has 0 unspecified atom stereocenters. The Morgan fingerprint density at radius 3 is 3.19 bits per heavy atom. The predicted octanol–water partition coefficient (Wildman–Crippen LogP) is 1.39. The van der Waals surface area contributed by atoms with E-state index < -0.39 is 0 Å². The summed E-state index contributed by atoms with van der Waals surface area (Å²) in [7, 11) is 0. The van der Waals surface area contributed by atoms with E-state index in [1.165, 1.54) is 0 Å². The van der Waals surface area contributed by atoms with Crippen LogP contribution in [0.1, 0.15) is 34.5 Å². The number of nitrogens with two attached hydrogens (primary N) is 1. The zero-order valence-electron chi connectivity index (χ0n) is 9.23.